The van der Waals surface area contributed by atoms with E-state index < -0.39 is 0 Å². The third kappa shape index (κ3) is 4.62. The van der Waals surface area contributed by atoms with Crippen molar-refractivity contribution in [2.45, 2.75) is 13.8 Å². The van der Waals surface area contributed by atoms with E-state index in [9.17, 15) is 0 Å². The Labute approximate surface area is 127 Å². The number of aromatic nitrogens is 1. The molecule has 1 saturated heterocycles. The normalized spacial score (nSPS) is 18.9. The fourth-order valence-electron chi connectivity index (χ4n) is 2.58. The molecule has 0 aliphatic carbocycles. The molecule has 4 nitrogen and oxygen atoms in total. The third-order valence-corrected chi connectivity index (χ3v) is 4.16. The second-order valence-corrected chi connectivity index (χ2v) is 5.96. The summed E-state index contributed by atoms with van der Waals surface area (Å²) in [6, 6.07) is 3.72. The fraction of sp³-hybridized carbons (Fsp3) is 0.667. The van der Waals surface area contributed by atoms with Crippen molar-refractivity contribution in [2.75, 3.05) is 51.1 Å². The summed E-state index contributed by atoms with van der Waals surface area (Å²) >= 11 is 6.09. The molecule has 1 aromatic heterocycles. The van der Waals surface area contributed by atoms with Gasteiger partial charge in [-0.25, -0.2) is 4.98 Å². The highest BCUT2D eigenvalue weighted by Gasteiger charge is 2.17. The first-order valence-corrected chi connectivity index (χ1v) is 7.86. The van der Waals surface area contributed by atoms with Gasteiger partial charge in [-0.3, -0.25) is 0 Å². The zero-order valence-corrected chi connectivity index (χ0v) is 13.2. The van der Waals surface area contributed by atoms with E-state index in [1.54, 1.807) is 6.20 Å². The van der Waals surface area contributed by atoms with Crippen LogP contribution >= 0.6 is 11.6 Å². The molecule has 1 N–H and O–H groups in total. The zero-order valence-electron chi connectivity index (χ0n) is 12.5. The molecule has 5 heteroatoms. The Morgan fingerprint density at radius 3 is 2.65 bits per heavy atom. The van der Waals surface area contributed by atoms with Crippen molar-refractivity contribution < 1.29 is 0 Å². The van der Waals surface area contributed by atoms with Crippen molar-refractivity contribution >= 4 is 17.4 Å². The van der Waals surface area contributed by atoms with E-state index >= 15 is 0 Å². The van der Waals surface area contributed by atoms with Crippen LogP contribution in [0.3, 0.4) is 0 Å². The topological polar surface area (TPSA) is 31.4 Å². The molecule has 1 aromatic rings. The Morgan fingerprint density at radius 2 is 2.00 bits per heavy atom. The molecule has 0 bridgehead atoms. The molecule has 0 saturated carbocycles. The molecule has 2 heterocycles. The van der Waals surface area contributed by atoms with Crippen LogP contribution in [0.25, 0.3) is 0 Å². The first-order chi connectivity index (χ1) is 9.69. The summed E-state index contributed by atoms with van der Waals surface area (Å²) in [5, 5.41) is 4.03. The highest BCUT2D eigenvalue weighted by molar-refractivity contribution is 6.32. The van der Waals surface area contributed by atoms with Gasteiger partial charge in [-0.1, -0.05) is 25.4 Å². The molecule has 2 rings (SSSR count). The van der Waals surface area contributed by atoms with Gasteiger partial charge in [0, 0.05) is 45.5 Å². The molecule has 20 heavy (non-hydrogen) atoms. The average Bonchev–Trinajstić information content (AvgIpc) is 2.47. The van der Waals surface area contributed by atoms with E-state index in [2.05, 4.69) is 33.9 Å². The van der Waals surface area contributed by atoms with Crippen LogP contribution in [0.2, 0.25) is 5.02 Å². The molecule has 1 atom stereocenters. The highest BCUT2D eigenvalue weighted by Crippen LogP contribution is 2.17. The number of likely N-dealkylation sites (N-methyl/N-ethyl adjacent to an activating group) is 1. The Morgan fingerprint density at radius 1 is 1.30 bits per heavy atom. The summed E-state index contributed by atoms with van der Waals surface area (Å²) in [7, 11) is 0. The minimum Gasteiger partial charge on any atom is -0.369 e. The maximum atomic E-state index is 6.09. The van der Waals surface area contributed by atoms with Gasteiger partial charge in [-0.05, 0) is 24.6 Å². The summed E-state index contributed by atoms with van der Waals surface area (Å²) in [5.74, 6) is 1.37. The molecular weight excluding hydrogens is 272 g/mol. The van der Waals surface area contributed by atoms with Crippen molar-refractivity contribution in [3.63, 3.8) is 0 Å². The molecule has 0 spiro atoms. The summed E-state index contributed by atoms with van der Waals surface area (Å²) in [4.78, 5) is 9.32. The quantitative estimate of drug-likeness (QED) is 0.874. The first kappa shape index (κ1) is 15.5. The summed E-state index contributed by atoms with van der Waals surface area (Å²) < 4.78 is 0. The highest BCUT2D eigenvalue weighted by atomic mass is 35.5. The van der Waals surface area contributed by atoms with Gasteiger partial charge in [0.2, 0.25) is 0 Å². The second-order valence-electron chi connectivity index (χ2n) is 5.55. The average molecular weight is 297 g/mol. The lowest BCUT2D eigenvalue weighted by molar-refractivity contribution is 0.126. The van der Waals surface area contributed by atoms with Gasteiger partial charge in [-0.2, -0.15) is 0 Å². The molecule has 0 aromatic carbocycles. The van der Waals surface area contributed by atoms with Crippen molar-refractivity contribution in [1.29, 1.82) is 0 Å². The molecule has 1 aliphatic rings. The number of rotatable bonds is 6. The number of nitrogens with zero attached hydrogens (tertiary/aromatic N) is 3. The van der Waals surface area contributed by atoms with E-state index in [1.165, 1.54) is 32.7 Å². The maximum Gasteiger partial charge on any atom is 0.144 e. The lowest BCUT2D eigenvalue weighted by Gasteiger charge is -2.35. The van der Waals surface area contributed by atoms with Crippen molar-refractivity contribution in [1.82, 2.24) is 14.8 Å². The Bertz CT molecular complexity index is 405. The van der Waals surface area contributed by atoms with Crippen molar-refractivity contribution in [2.24, 2.45) is 5.92 Å². The fourth-order valence-corrected chi connectivity index (χ4v) is 2.77. The van der Waals surface area contributed by atoms with Crippen molar-refractivity contribution in [3.8, 4) is 0 Å². The van der Waals surface area contributed by atoms with E-state index in [1.807, 2.05) is 12.1 Å². The number of halogens is 1. The van der Waals surface area contributed by atoms with E-state index in [-0.39, 0.29) is 0 Å². The zero-order chi connectivity index (χ0) is 14.4. The largest absolute Gasteiger partial charge is 0.369 e. The number of nitrogens with one attached hydrogen (secondary N) is 1. The van der Waals surface area contributed by atoms with Gasteiger partial charge < -0.3 is 15.1 Å². The van der Waals surface area contributed by atoms with Gasteiger partial charge in [-0.15, -0.1) is 0 Å². The van der Waals surface area contributed by atoms with Gasteiger partial charge in [0.15, 0.2) is 0 Å². The first-order valence-electron chi connectivity index (χ1n) is 7.48. The van der Waals surface area contributed by atoms with Crippen LogP contribution in [0.1, 0.15) is 13.8 Å². The van der Waals surface area contributed by atoms with Crippen LogP contribution in [0.4, 0.5) is 5.82 Å². The number of hydrogen-bond donors (Lipinski definition) is 1. The van der Waals surface area contributed by atoms with Crippen LogP contribution in [-0.2, 0) is 0 Å². The molecule has 112 valence electrons. The van der Waals surface area contributed by atoms with Gasteiger partial charge >= 0.3 is 0 Å². The standard InChI is InChI=1S/C15H25ClN4/c1-3-19-7-9-20(10-8-19)12-13(2)11-18-15-14(16)5-4-6-17-15/h4-6,13H,3,7-12H2,1-2H3,(H,17,18). The molecule has 0 amide bonds. The SMILES string of the molecule is CCN1CCN(CC(C)CNc2ncccc2Cl)CC1. The lowest BCUT2D eigenvalue weighted by Crippen LogP contribution is -2.47. The van der Waals surface area contributed by atoms with Crippen LogP contribution in [-0.4, -0.2) is 60.6 Å². The molecule has 1 unspecified atom stereocenters. The Hall–Kier alpha value is -0.840. The van der Waals surface area contributed by atoms with Crippen LogP contribution in [0.15, 0.2) is 18.3 Å². The van der Waals surface area contributed by atoms with Crippen LogP contribution in [0, 0.1) is 5.92 Å². The molecule has 0 radical (unpaired) electrons. The second kappa shape index (κ2) is 7.81. The predicted molar refractivity (Wildman–Crippen MR) is 85.5 cm³/mol. The number of piperazine rings is 1. The molecule has 1 fully saturated rings. The van der Waals surface area contributed by atoms with Crippen LogP contribution < -0.4 is 5.32 Å². The minimum absolute atomic E-state index is 0.584. The van der Waals surface area contributed by atoms with Gasteiger partial charge in [0.1, 0.15) is 5.82 Å². The molecule has 1 aliphatic heterocycles. The van der Waals surface area contributed by atoms with Crippen LogP contribution in [0.5, 0.6) is 0 Å². The van der Waals surface area contributed by atoms with E-state index in [4.69, 9.17) is 11.6 Å². The smallest absolute Gasteiger partial charge is 0.144 e. The maximum absolute atomic E-state index is 6.09. The van der Waals surface area contributed by atoms with E-state index in [0.717, 1.165) is 18.9 Å². The summed E-state index contributed by atoms with van der Waals surface area (Å²) in [6.45, 7) is 12.5. The number of hydrogen-bond acceptors (Lipinski definition) is 4. The summed E-state index contributed by atoms with van der Waals surface area (Å²) in [6.07, 6.45) is 1.77. The van der Waals surface area contributed by atoms with Crippen molar-refractivity contribution in [3.05, 3.63) is 23.4 Å². The predicted octanol–water partition coefficient (Wildman–Crippen LogP) is 2.42. The Balaban J connectivity index is 1.71. The molecular formula is C15H25ClN4. The van der Waals surface area contributed by atoms with Gasteiger partial charge in [0.25, 0.3) is 0 Å². The summed E-state index contributed by atoms with van der Waals surface area (Å²) in [5.41, 5.74) is 0. The van der Waals surface area contributed by atoms with E-state index in [0.29, 0.717) is 10.9 Å². The lowest BCUT2D eigenvalue weighted by atomic mass is 10.1. The Kier molecular flexibility index (Phi) is 6.07. The van der Waals surface area contributed by atoms with Gasteiger partial charge in [0.05, 0.1) is 5.02 Å². The number of pyridine rings is 1. The minimum atomic E-state index is 0.584. The number of anilines is 1. The third-order valence-electron chi connectivity index (χ3n) is 3.86. The monoisotopic (exact) mass is 296 g/mol.